The lowest BCUT2D eigenvalue weighted by Gasteiger charge is -2.21. The van der Waals surface area contributed by atoms with E-state index in [-0.39, 0.29) is 5.56 Å². The van der Waals surface area contributed by atoms with Crippen LogP contribution in [0.3, 0.4) is 0 Å². The molecule has 0 spiro atoms. The first-order valence-electron chi connectivity index (χ1n) is 7.94. The van der Waals surface area contributed by atoms with E-state index in [2.05, 4.69) is 31.2 Å². The lowest BCUT2D eigenvalue weighted by Crippen LogP contribution is -2.32. The minimum absolute atomic E-state index is 0.105. The summed E-state index contributed by atoms with van der Waals surface area (Å²) in [5, 5.41) is 10.2. The summed E-state index contributed by atoms with van der Waals surface area (Å²) >= 11 is 0. The maximum Gasteiger partial charge on any atom is 0.257 e. The van der Waals surface area contributed by atoms with Gasteiger partial charge >= 0.3 is 0 Å². The second-order valence-corrected chi connectivity index (χ2v) is 6.20. The molecule has 0 aliphatic carbocycles. The highest BCUT2D eigenvalue weighted by molar-refractivity contribution is 5.60. The Balaban J connectivity index is 2.60. The fraction of sp³-hybridized carbons (Fsp3) is 0.421. The molecule has 0 amide bonds. The Morgan fingerprint density at radius 2 is 1.68 bits per heavy atom. The van der Waals surface area contributed by atoms with Crippen molar-refractivity contribution in [3.8, 4) is 11.3 Å². The Morgan fingerprint density at radius 3 is 2.18 bits per heavy atom. The van der Waals surface area contributed by atoms with Gasteiger partial charge in [0.1, 0.15) is 0 Å². The molecule has 0 atom stereocenters. The molecule has 1 aromatic heterocycles. The Labute approximate surface area is 132 Å². The van der Waals surface area contributed by atoms with Crippen LogP contribution in [0.5, 0.6) is 0 Å². The zero-order chi connectivity index (χ0) is 16.3. The maximum absolute atomic E-state index is 12.7. The van der Waals surface area contributed by atoms with E-state index < -0.39 is 5.60 Å². The van der Waals surface area contributed by atoms with Gasteiger partial charge in [0.2, 0.25) is 0 Å². The van der Waals surface area contributed by atoms with Gasteiger partial charge in [0.05, 0.1) is 11.3 Å². The first-order chi connectivity index (χ1) is 10.4. The summed E-state index contributed by atoms with van der Waals surface area (Å²) in [6.45, 7) is 8.12. The monoisotopic (exact) mass is 299 g/mol. The van der Waals surface area contributed by atoms with Crippen molar-refractivity contribution in [3.05, 3.63) is 57.9 Å². The first kappa shape index (κ1) is 16.5. The normalized spacial score (nSPS) is 11.7. The summed E-state index contributed by atoms with van der Waals surface area (Å²) in [6.07, 6.45) is 1.87. The predicted molar refractivity (Wildman–Crippen MR) is 91.1 cm³/mol. The molecule has 0 saturated heterocycles. The van der Waals surface area contributed by atoms with Crippen LogP contribution in [-0.4, -0.2) is 9.67 Å². The van der Waals surface area contributed by atoms with Gasteiger partial charge in [0.25, 0.3) is 5.56 Å². The van der Waals surface area contributed by atoms with Crippen molar-refractivity contribution in [2.24, 2.45) is 0 Å². The van der Waals surface area contributed by atoms with E-state index in [1.807, 2.05) is 13.0 Å². The van der Waals surface area contributed by atoms with Crippen LogP contribution in [0.4, 0.5) is 0 Å². The Kier molecular flexibility index (Phi) is 4.87. The zero-order valence-corrected chi connectivity index (χ0v) is 13.9. The summed E-state index contributed by atoms with van der Waals surface area (Å²) < 4.78 is 1.77. The zero-order valence-electron chi connectivity index (χ0n) is 13.9. The molecule has 0 fully saturated rings. The molecule has 0 aliphatic rings. The molecule has 2 rings (SSSR count). The summed E-state index contributed by atoms with van der Waals surface area (Å²) in [7, 11) is 0. The van der Waals surface area contributed by atoms with Gasteiger partial charge < -0.3 is 9.67 Å². The number of aromatic nitrogens is 1. The lowest BCUT2D eigenvalue weighted by molar-refractivity contribution is 0.0765. The molecule has 0 aliphatic heterocycles. The van der Waals surface area contributed by atoms with Gasteiger partial charge in [0, 0.05) is 12.1 Å². The topological polar surface area (TPSA) is 42.2 Å². The van der Waals surface area contributed by atoms with Crippen LogP contribution in [0, 0.1) is 0 Å². The van der Waals surface area contributed by atoms with E-state index in [9.17, 15) is 9.90 Å². The van der Waals surface area contributed by atoms with Crippen LogP contribution in [0.15, 0.2) is 41.2 Å². The van der Waals surface area contributed by atoms with Crippen LogP contribution < -0.4 is 5.56 Å². The molecule has 1 aromatic carbocycles. The van der Waals surface area contributed by atoms with Gasteiger partial charge in [-0.2, -0.15) is 0 Å². The Hall–Kier alpha value is -1.87. The number of pyridine rings is 1. The molecule has 118 valence electrons. The molecule has 0 unspecified atom stereocenters. The fourth-order valence-electron chi connectivity index (χ4n) is 2.65. The van der Waals surface area contributed by atoms with Crippen molar-refractivity contribution in [1.82, 2.24) is 4.57 Å². The third-order valence-electron chi connectivity index (χ3n) is 3.94. The minimum Gasteiger partial charge on any atom is -0.386 e. The highest BCUT2D eigenvalue weighted by Crippen LogP contribution is 2.23. The molecule has 1 heterocycles. The van der Waals surface area contributed by atoms with Crippen molar-refractivity contribution in [3.63, 3.8) is 0 Å². The van der Waals surface area contributed by atoms with E-state index in [0.717, 1.165) is 24.1 Å². The average molecular weight is 299 g/mol. The van der Waals surface area contributed by atoms with E-state index >= 15 is 0 Å². The van der Waals surface area contributed by atoms with E-state index in [0.29, 0.717) is 12.1 Å². The molecule has 1 N–H and O–H groups in total. The summed E-state index contributed by atoms with van der Waals surface area (Å²) in [6, 6.07) is 12.0. The van der Waals surface area contributed by atoms with Crippen LogP contribution in [0.2, 0.25) is 0 Å². The Morgan fingerprint density at radius 1 is 1.05 bits per heavy atom. The molecule has 22 heavy (non-hydrogen) atoms. The molecule has 0 bridgehead atoms. The quantitative estimate of drug-likeness (QED) is 0.914. The van der Waals surface area contributed by atoms with Crippen molar-refractivity contribution in [1.29, 1.82) is 0 Å². The number of hydrogen-bond donors (Lipinski definition) is 1. The summed E-state index contributed by atoms with van der Waals surface area (Å²) in [4.78, 5) is 12.7. The molecular formula is C19H25NO2. The highest BCUT2D eigenvalue weighted by Gasteiger charge is 2.22. The molecule has 0 radical (unpaired) electrons. The second-order valence-electron chi connectivity index (χ2n) is 6.20. The molecule has 0 saturated carbocycles. The van der Waals surface area contributed by atoms with Crippen LogP contribution >= 0.6 is 0 Å². The van der Waals surface area contributed by atoms with E-state index in [4.69, 9.17) is 0 Å². The number of nitrogens with zero attached hydrogens (tertiary/aromatic N) is 1. The second kappa shape index (κ2) is 6.49. The SMILES string of the molecule is CCCn1c(-c2ccc(CC)cc2)ccc(C(C)(C)O)c1=O. The number of benzene rings is 1. The van der Waals surface area contributed by atoms with Crippen LogP contribution in [-0.2, 0) is 18.6 Å². The maximum atomic E-state index is 12.7. The number of rotatable bonds is 5. The molecular weight excluding hydrogens is 274 g/mol. The predicted octanol–water partition coefficient (Wildman–Crippen LogP) is 3.72. The van der Waals surface area contributed by atoms with E-state index in [1.165, 1.54) is 5.56 Å². The van der Waals surface area contributed by atoms with Crippen molar-refractivity contribution >= 4 is 0 Å². The number of aliphatic hydroxyl groups is 1. The largest absolute Gasteiger partial charge is 0.386 e. The van der Waals surface area contributed by atoms with Gasteiger partial charge in [-0.1, -0.05) is 38.1 Å². The lowest BCUT2D eigenvalue weighted by atomic mass is 9.98. The van der Waals surface area contributed by atoms with Crippen molar-refractivity contribution < 1.29 is 5.11 Å². The fourth-order valence-corrected chi connectivity index (χ4v) is 2.65. The third-order valence-corrected chi connectivity index (χ3v) is 3.94. The molecule has 2 aromatic rings. The molecule has 3 nitrogen and oxygen atoms in total. The van der Waals surface area contributed by atoms with Crippen molar-refractivity contribution in [2.45, 2.75) is 52.7 Å². The van der Waals surface area contributed by atoms with Crippen LogP contribution in [0.25, 0.3) is 11.3 Å². The Bertz CT molecular complexity index is 691. The first-order valence-corrected chi connectivity index (χ1v) is 7.94. The number of aryl methyl sites for hydroxylation is 1. The number of hydrogen-bond acceptors (Lipinski definition) is 2. The summed E-state index contributed by atoms with van der Waals surface area (Å²) in [5.74, 6) is 0. The average Bonchev–Trinajstić information content (AvgIpc) is 2.48. The summed E-state index contributed by atoms with van der Waals surface area (Å²) in [5.41, 5.74) is 2.42. The van der Waals surface area contributed by atoms with Gasteiger partial charge in [-0.25, -0.2) is 0 Å². The molecule has 3 heteroatoms. The standard InChI is InChI=1S/C19H25NO2/c1-5-13-20-17(15-9-7-14(6-2)8-10-15)12-11-16(18(20)21)19(3,4)22/h7-12,22H,5-6,13H2,1-4H3. The van der Waals surface area contributed by atoms with Crippen molar-refractivity contribution in [2.75, 3.05) is 0 Å². The minimum atomic E-state index is -1.13. The van der Waals surface area contributed by atoms with Gasteiger partial charge in [-0.05, 0) is 49.9 Å². The van der Waals surface area contributed by atoms with Gasteiger partial charge in [-0.15, -0.1) is 0 Å². The highest BCUT2D eigenvalue weighted by atomic mass is 16.3. The smallest absolute Gasteiger partial charge is 0.257 e. The van der Waals surface area contributed by atoms with E-state index in [1.54, 1.807) is 24.5 Å². The van der Waals surface area contributed by atoms with Gasteiger partial charge in [-0.3, -0.25) is 4.79 Å². The third kappa shape index (κ3) is 3.30. The van der Waals surface area contributed by atoms with Gasteiger partial charge in [0.15, 0.2) is 0 Å². The van der Waals surface area contributed by atoms with Crippen LogP contribution in [0.1, 0.15) is 45.2 Å².